The van der Waals surface area contributed by atoms with Crippen molar-refractivity contribution in [2.45, 2.75) is 70.0 Å². The fourth-order valence-electron chi connectivity index (χ4n) is 13.0. The molecule has 9 aliphatic heterocycles. The lowest BCUT2D eigenvalue weighted by Gasteiger charge is -2.32. The van der Waals surface area contributed by atoms with Crippen LogP contribution in [0.1, 0.15) is 51.7 Å². The van der Waals surface area contributed by atoms with E-state index in [2.05, 4.69) is 191 Å². The molecule has 4 atom stereocenters. The number of carbonyl (C=O) groups excluding carboxylic acids is 4. The van der Waals surface area contributed by atoms with Crippen LogP contribution in [0, 0.1) is 0 Å². The molecule has 5 saturated heterocycles. The summed E-state index contributed by atoms with van der Waals surface area (Å²) in [6.07, 6.45) is 33.7. The maximum atomic E-state index is 12.3. The van der Waals surface area contributed by atoms with E-state index in [0.29, 0.717) is 52.5 Å². The molecule has 4 unspecified atom stereocenters. The Bertz CT molecular complexity index is 4010. The predicted molar refractivity (Wildman–Crippen MR) is 398 cm³/mol. The highest BCUT2D eigenvalue weighted by atomic mass is 79.9. The van der Waals surface area contributed by atoms with Crippen molar-refractivity contribution in [1.82, 2.24) is 79.4 Å². The van der Waals surface area contributed by atoms with Crippen molar-refractivity contribution < 1.29 is 38.2 Å². The highest BCUT2D eigenvalue weighted by molar-refractivity contribution is 9.10. The molecule has 102 heavy (non-hydrogen) atoms. The number of amides is 8. The van der Waals surface area contributed by atoms with E-state index in [1.54, 1.807) is 106 Å². The third kappa shape index (κ3) is 16.0. The van der Waals surface area contributed by atoms with E-state index in [1.807, 2.05) is 63.7 Å². The summed E-state index contributed by atoms with van der Waals surface area (Å²) in [5.41, 5.74) is 5.90. The van der Waals surface area contributed by atoms with E-state index >= 15 is 0 Å². The second-order valence-corrected chi connectivity index (χ2v) is 29.7. The molecule has 0 N–H and O–H groups in total. The first-order valence-corrected chi connectivity index (χ1v) is 36.3. The van der Waals surface area contributed by atoms with Crippen molar-refractivity contribution in [2.75, 3.05) is 79.7 Å². The number of allylic oxidation sites excluding steroid dienone is 1. The van der Waals surface area contributed by atoms with Gasteiger partial charge < -0.3 is 38.7 Å². The molecule has 8 amide bonds. The van der Waals surface area contributed by atoms with Crippen molar-refractivity contribution >= 4 is 87.1 Å². The van der Waals surface area contributed by atoms with Gasteiger partial charge >= 0.3 is 31.2 Å². The highest BCUT2D eigenvalue weighted by Crippen LogP contribution is 2.57. The normalized spacial score (nSPS) is 20.8. The summed E-state index contributed by atoms with van der Waals surface area (Å²) in [6, 6.07) is 32.6. The molecule has 27 heteroatoms. The van der Waals surface area contributed by atoms with Gasteiger partial charge in [0.15, 0.2) is 0 Å². The topological polar surface area (TPSA) is 234 Å². The molecule has 8 bridgehead atoms. The number of hydrogen-bond acceptors (Lipinski definition) is 16. The van der Waals surface area contributed by atoms with Gasteiger partial charge in [-0.1, -0.05) is 97.1 Å². The summed E-state index contributed by atoms with van der Waals surface area (Å²) in [4.78, 5) is 102. The van der Waals surface area contributed by atoms with Gasteiger partial charge in [0.2, 0.25) is 0 Å². The number of urea groups is 4. The second-order valence-electron chi connectivity index (χ2n) is 25.6. The lowest BCUT2D eigenvalue weighted by Crippen LogP contribution is -2.41. The van der Waals surface area contributed by atoms with Crippen LogP contribution in [0.3, 0.4) is 0 Å². The summed E-state index contributed by atoms with van der Waals surface area (Å²) in [6.45, 7) is 23.3. The maximum Gasteiger partial charge on any atom is 0.492 e. The number of likely N-dealkylation sites (N-methyl/N-ethyl adjacent to an activating group) is 2. The number of carbonyl (C=O) groups is 4. The Balaban J connectivity index is 0.000000126. The molecule has 526 valence electrons. The Morgan fingerprint density at radius 3 is 1.21 bits per heavy atom. The van der Waals surface area contributed by atoms with E-state index < -0.39 is 25.6 Å². The Hall–Kier alpha value is -9.95. The molecule has 16 rings (SSSR count). The Morgan fingerprint density at radius 2 is 0.853 bits per heavy atom. The van der Waals surface area contributed by atoms with E-state index in [0.717, 1.165) is 57.0 Å². The molecular weight excluding hydrogens is 1370 g/mol. The quantitative estimate of drug-likeness (QED) is 0.0560. The van der Waals surface area contributed by atoms with Crippen LogP contribution in [0.5, 0.6) is 0 Å². The van der Waals surface area contributed by atoms with Gasteiger partial charge in [-0.2, -0.15) is 10.1 Å². The monoisotopic (exact) mass is 1460 g/mol. The van der Waals surface area contributed by atoms with Gasteiger partial charge in [0.25, 0.3) is 0 Å². The second kappa shape index (κ2) is 33.2. The van der Waals surface area contributed by atoms with Crippen molar-refractivity contribution in [2.24, 2.45) is 0 Å². The minimum atomic E-state index is -1.73. The van der Waals surface area contributed by atoms with Crippen molar-refractivity contribution in [3.05, 3.63) is 254 Å². The average Bonchev–Trinajstić information content (AvgIpc) is 0.843. The number of hydrogen-bond donors (Lipinski definition) is 0. The van der Waals surface area contributed by atoms with Gasteiger partial charge in [-0.15, -0.1) is 13.2 Å². The van der Waals surface area contributed by atoms with Crippen LogP contribution in [0.25, 0.3) is 16.7 Å². The molecule has 0 saturated carbocycles. The predicted octanol–water partition coefficient (Wildman–Crippen LogP) is 9.85. The molecule has 0 radical (unpaired) electrons. The number of rotatable bonds is 14. The average molecular weight is 1460 g/mol. The Labute approximate surface area is 605 Å². The first-order valence-electron chi connectivity index (χ1n) is 33.6. The molecule has 0 aliphatic carbocycles. The van der Waals surface area contributed by atoms with Gasteiger partial charge in [0, 0.05) is 126 Å². The molecule has 9 aliphatic rings. The lowest BCUT2D eigenvalue weighted by molar-refractivity contribution is -0.109. The van der Waals surface area contributed by atoms with Crippen molar-refractivity contribution in [3.63, 3.8) is 0 Å². The van der Waals surface area contributed by atoms with Gasteiger partial charge in [0.05, 0.1) is 96.8 Å². The summed E-state index contributed by atoms with van der Waals surface area (Å²) >= 11 is 3.14. The van der Waals surface area contributed by atoms with Crippen LogP contribution in [0.4, 0.5) is 19.2 Å². The lowest BCUT2D eigenvalue weighted by atomic mass is 9.72. The largest absolute Gasteiger partial charge is 0.492 e. The Morgan fingerprint density at radius 1 is 0.500 bits per heavy atom. The van der Waals surface area contributed by atoms with Crippen molar-refractivity contribution in [1.29, 1.82) is 0 Å². The van der Waals surface area contributed by atoms with E-state index in [4.69, 9.17) is 19.0 Å². The molecule has 3 aromatic carbocycles. The van der Waals surface area contributed by atoms with E-state index in [1.165, 1.54) is 26.0 Å². The van der Waals surface area contributed by atoms with Gasteiger partial charge in [-0.25, -0.2) is 24.2 Å². The first-order chi connectivity index (χ1) is 49.4. The number of fused-ring (bicyclic) bond motifs is 8. The zero-order valence-electron chi connectivity index (χ0n) is 58.3. The zero-order valence-corrected chi connectivity index (χ0v) is 60.8. The third-order valence-corrected chi connectivity index (χ3v) is 23.4. The standard InChI is InChI=1S/C21H20P.C15H23BN2O4.C13H14N4O2.2C11H12N4O.C4H3BrN2/c1-2-18-22(19-12-6-3-7-13-19,20-14-8-4-9-15-20)21-16-10-5-11-17-21;1-6-9-20-18-12-10-17(13(18)19)8-7-11(12)16-21-14(2,3)15(4,5)22-16;1-2-7-19-17-12-9-16(13(17)18)6-3-10(12)11-8-14-4-5-15-11;2*1-14-10-7-15(11(14)16)5-2-8(10)9-6-12-3-4-13-9;5-4-3-6-1-2-7-4/h2-18H,1H3;6-7,12H,1,8-10H2,2-5H3;2-5,8,12H,1,6-7,9H2;2*2-4,6,10H,5,7H2,1H3;1-3H/q+1;;;;;/b18-2+;;;;;. The molecular formula is C75H84BBrN16O8P+. The number of nitrogens with zero attached hydrogens (tertiary/aromatic N) is 16. The van der Waals surface area contributed by atoms with Crippen LogP contribution < -0.4 is 15.9 Å². The number of halogens is 1. The molecule has 13 heterocycles. The summed E-state index contributed by atoms with van der Waals surface area (Å²) in [5.74, 6) is 2.41. The van der Waals surface area contributed by atoms with Gasteiger partial charge in [0.1, 0.15) is 33.8 Å². The highest BCUT2D eigenvalue weighted by Gasteiger charge is 2.57. The van der Waals surface area contributed by atoms with Crippen molar-refractivity contribution in [3.8, 4) is 0 Å². The molecule has 24 nitrogen and oxygen atoms in total. The number of benzene rings is 3. The third-order valence-electron chi connectivity index (χ3n) is 18.9. The van der Waals surface area contributed by atoms with Crippen LogP contribution >= 0.6 is 23.2 Å². The summed E-state index contributed by atoms with van der Waals surface area (Å²) in [5, 5.41) is 7.02. The van der Waals surface area contributed by atoms with Gasteiger partial charge in [-0.3, -0.25) is 44.6 Å². The number of hydroxylamine groups is 4. The minimum Gasteiger partial charge on any atom is -0.400 e. The molecule has 0 spiro atoms. The zero-order chi connectivity index (χ0) is 72.0. The Kier molecular flexibility index (Phi) is 23.9. The van der Waals surface area contributed by atoms with E-state index in [9.17, 15) is 19.2 Å². The SMILES string of the molecule is Brc1cnccn1.C/C=C/[P+](c1ccccc1)(c1ccccc1)c1ccccc1.C=CCON1C(=O)N2CC=C(B3OC(C)(C)C(C)(C)O3)C1C2.C=CCON1C(=O)N2CC=C(c3cnccn3)C1C2.CN1C(=O)N2CC=C(c3cnccn3)C1C2.CN1C(=O)N2CC=C(c3cnccn3)C1C2. The van der Waals surface area contributed by atoms with Crippen LogP contribution in [0.2, 0.25) is 0 Å². The number of aromatic nitrogens is 8. The minimum absolute atomic E-state index is 0.0974. The maximum absolute atomic E-state index is 12.3. The molecule has 5 fully saturated rings. The fraction of sp³-hybridized carbons (Fsp3) is 0.307. The first kappa shape index (κ1) is 73.3. The van der Waals surface area contributed by atoms with Crippen LogP contribution in [-0.4, -0.2) is 226 Å². The van der Waals surface area contributed by atoms with Crippen LogP contribution in [0.15, 0.2) is 237 Å². The summed E-state index contributed by atoms with van der Waals surface area (Å²) < 4.78 is 13.0. The van der Waals surface area contributed by atoms with Crippen LogP contribution in [-0.2, 0) is 19.0 Å². The molecule has 7 aromatic rings. The smallest absolute Gasteiger partial charge is 0.400 e. The summed E-state index contributed by atoms with van der Waals surface area (Å²) in [7, 11) is 1.49. The fourth-order valence-corrected chi connectivity index (χ4v) is 17.1. The molecule has 4 aromatic heterocycles. The van der Waals surface area contributed by atoms with Gasteiger partial charge in [-0.05, 0) is 92.4 Å². The van der Waals surface area contributed by atoms with E-state index in [-0.39, 0.29) is 48.3 Å².